The first-order valence-electron chi connectivity index (χ1n) is 4.85. The Bertz CT molecular complexity index is 323. The van der Waals surface area contributed by atoms with Crippen molar-refractivity contribution in [2.24, 2.45) is 5.41 Å². The number of hydrogen-bond acceptors (Lipinski definition) is 3. The molecule has 0 fully saturated rings. The molecule has 0 atom stereocenters. The summed E-state index contributed by atoms with van der Waals surface area (Å²) in [7, 11) is 0. The fourth-order valence-corrected chi connectivity index (χ4v) is 1.10. The van der Waals surface area contributed by atoms with Crippen molar-refractivity contribution in [3.63, 3.8) is 0 Å². The first-order valence-corrected chi connectivity index (χ1v) is 4.85. The summed E-state index contributed by atoms with van der Waals surface area (Å²) in [4.78, 5) is 14.8. The van der Waals surface area contributed by atoms with Crippen LogP contribution in [0.15, 0.2) is 24.5 Å². The van der Waals surface area contributed by atoms with Gasteiger partial charge in [0.05, 0.1) is 5.41 Å². The van der Waals surface area contributed by atoms with Gasteiger partial charge >= 0.3 is 5.97 Å². The van der Waals surface area contributed by atoms with Crippen LogP contribution >= 0.6 is 0 Å². The highest BCUT2D eigenvalue weighted by molar-refractivity contribution is 5.73. The van der Waals surface area contributed by atoms with Crippen molar-refractivity contribution in [1.29, 1.82) is 0 Å². The van der Waals surface area contributed by atoms with Gasteiger partial charge in [-0.15, -0.1) is 0 Å². The standard InChI is InChI=1S/C11H16N2O2/c1-11(2,10(14)15)8-13-7-9-4-3-5-12-6-9/h3-6,13H,7-8H2,1-2H3,(H,14,15). The summed E-state index contributed by atoms with van der Waals surface area (Å²) >= 11 is 0. The van der Waals surface area contributed by atoms with Crippen LogP contribution in [0.2, 0.25) is 0 Å². The van der Waals surface area contributed by atoms with Crippen molar-refractivity contribution in [2.75, 3.05) is 6.54 Å². The van der Waals surface area contributed by atoms with Crippen LogP contribution in [0.5, 0.6) is 0 Å². The number of rotatable bonds is 5. The molecule has 0 saturated carbocycles. The number of carboxylic acids is 1. The predicted molar refractivity (Wildman–Crippen MR) is 57.4 cm³/mol. The third-order valence-electron chi connectivity index (χ3n) is 2.20. The molecule has 0 radical (unpaired) electrons. The lowest BCUT2D eigenvalue weighted by Crippen LogP contribution is -2.35. The van der Waals surface area contributed by atoms with E-state index in [9.17, 15) is 4.79 Å². The van der Waals surface area contributed by atoms with Gasteiger partial charge in [-0.05, 0) is 25.5 Å². The van der Waals surface area contributed by atoms with Crippen molar-refractivity contribution >= 4 is 5.97 Å². The quantitative estimate of drug-likeness (QED) is 0.765. The predicted octanol–water partition coefficient (Wildman–Crippen LogP) is 1.28. The van der Waals surface area contributed by atoms with E-state index in [1.807, 2.05) is 12.1 Å². The molecule has 2 N–H and O–H groups in total. The zero-order valence-electron chi connectivity index (χ0n) is 9.03. The van der Waals surface area contributed by atoms with Crippen molar-refractivity contribution in [2.45, 2.75) is 20.4 Å². The molecule has 4 nitrogen and oxygen atoms in total. The van der Waals surface area contributed by atoms with Gasteiger partial charge in [0.15, 0.2) is 0 Å². The Balaban J connectivity index is 2.37. The van der Waals surface area contributed by atoms with E-state index in [0.29, 0.717) is 13.1 Å². The number of hydrogen-bond donors (Lipinski definition) is 2. The second-order valence-corrected chi connectivity index (χ2v) is 4.15. The summed E-state index contributed by atoms with van der Waals surface area (Å²) < 4.78 is 0. The molecule has 0 spiro atoms. The van der Waals surface area contributed by atoms with E-state index in [1.54, 1.807) is 26.2 Å². The van der Waals surface area contributed by atoms with Gasteiger partial charge in [0, 0.05) is 25.5 Å². The van der Waals surface area contributed by atoms with E-state index >= 15 is 0 Å². The molecule has 0 aliphatic rings. The fourth-order valence-electron chi connectivity index (χ4n) is 1.10. The third-order valence-corrected chi connectivity index (χ3v) is 2.20. The fraction of sp³-hybridized carbons (Fsp3) is 0.455. The topological polar surface area (TPSA) is 62.2 Å². The Kier molecular flexibility index (Phi) is 3.80. The van der Waals surface area contributed by atoms with E-state index in [-0.39, 0.29) is 0 Å². The monoisotopic (exact) mass is 208 g/mol. The Morgan fingerprint density at radius 3 is 2.87 bits per heavy atom. The summed E-state index contributed by atoms with van der Waals surface area (Å²) in [6.07, 6.45) is 3.48. The highest BCUT2D eigenvalue weighted by Gasteiger charge is 2.26. The molecule has 1 aromatic rings. The molecule has 4 heteroatoms. The Labute approximate surface area is 89.3 Å². The number of nitrogens with zero attached hydrogens (tertiary/aromatic N) is 1. The lowest BCUT2D eigenvalue weighted by Gasteiger charge is -2.19. The lowest BCUT2D eigenvalue weighted by atomic mass is 9.94. The second-order valence-electron chi connectivity index (χ2n) is 4.15. The molecule has 0 amide bonds. The minimum absolute atomic E-state index is 0.442. The SMILES string of the molecule is CC(C)(CNCc1cccnc1)C(=O)O. The molecule has 0 saturated heterocycles. The first-order chi connectivity index (χ1) is 7.02. The van der Waals surface area contributed by atoms with Crippen LogP contribution in [-0.2, 0) is 11.3 Å². The summed E-state index contributed by atoms with van der Waals surface area (Å²) in [5.74, 6) is -0.791. The normalized spacial score (nSPS) is 11.3. The molecule has 82 valence electrons. The Hall–Kier alpha value is -1.42. The lowest BCUT2D eigenvalue weighted by molar-refractivity contribution is -0.146. The van der Waals surface area contributed by atoms with Crippen molar-refractivity contribution in [3.05, 3.63) is 30.1 Å². The second kappa shape index (κ2) is 4.89. The zero-order valence-corrected chi connectivity index (χ0v) is 9.03. The van der Waals surface area contributed by atoms with Crippen LogP contribution < -0.4 is 5.32 Å². The average molecular weight is 208 g/mol. The largest absolute Gasteiger partial charge is 0.481 e. The maximum absolute atomic E-state index is 10.8. The molecular formula is C11H16N2O2. The van der Waals surface area contributed by atoms with E-state index in [1.165, 1.54) is 0 Å². The van der Waals surface area contributed by atoms with E-state index < -0.39 is 11.4 Å². The van der Waals surface area contributed by atoms with Gasteiger partial charge in [-0.2, -0.15) is 0 Å². The molecule has 0 aliphatic carbocycles. The summed E-state index contributed by atoms with van der Waals surface area (Å²) in [6, 6.07) is 3.81. The van der Waals surface area contributed by atoms with Crippen molar-refractivity contribution in [3.8, 4) is 0 Å². The molecule has 0 bridgehead atoms. The molecule has 0 aliphatic heterocycles. The van der Waals surface area contributed by atoms with Gasteiger partial charge in [0.25, 0.3) is 0 Å². The molecule has 1 heterocycles. The molecule has 0 aromatic carbocycles. The Morgan fingerprint density at radius 2 is 2.33 bits per heavy atom. The van der Waals surface area contributed by atoms with Gasteiger partial charge in [0.1, 0.15) is 0 Å². The molecule has 1 aromatic heterocycles. The highest BCUT2D eigenvalue weighted by atomic mass is 16.4. The van der Waals surface area contributed by atoms with Gasteiger partial charge in [-0.1, -0.05) is 6.07 Å². The highest BCUT2D eigenvalue weighted by Crippen LogP contribution is 2.13. The van der Waals surface area contributed by atoms with Crippen LogP contribution in [-0.4, -0.2) is 22.6 Å². The smallest absolute Gasteiger partial charge is 0.310 e. The maximum Gasteiger partial charge on any atom is 0.310 e. The first kappa shape index (κ1) is 11.7. The number of aromatic nitrogens is 1. The van der Waals surface area contributed by atoms with Crippen LogP contribution in [0.1, 0.15) is 19.4 Å². The van der Waals surface area contributed by atoms with E-state index in [2.05, 4.69) is 10.3 Å². The number of aliphatic carboxylic acids is 1. The van der Waals surface area contributed by atoms with Crippen LogP contribution in [0, 0.1) is 5.41 Å². The number of nitrogens with one attached hydrogen (secondary N) is 1. The summed E-state index contributed by atoms with van der Waals surface area (Å²) in [5, 5.41) is 12.0. The maximum atomic E-state index is 10.8. The molecule has 0 unspecified atom stereocenters. The van der Waals surface area contributed by atoms with Gasteiger partial charge in [-0.3, -0.25) is 9.78 Å². The van der Waals surface area contributed by atoms with Gasteiger partial charge < -0.3 is 10.4 Å². The zero-order chi connectivity index (χ0) is 11.3. The van der Waals surface area contributed by atoms with Crippen LogP contribution in [0.4, 0.5) is 0 Å². The molecular weight excluding hydrogens is 192 g/mol. The number of carboxylic acid groups (broad SMARTS) is 1. The van der Waals surface area contributed by atoms with E-state index in [4.69, 9.17) is 5.11 Å². The van der Waals surface area contributed by atoms with Gasteiger partial charge in [-0.25, -0.2) is 0 Å². The summed E-state index contributed by atoms with van der Waals surface area (Å²) in [6.45, 7) is 4.49. The number of pyridine rings is 1. The van der Waals surface area contributed by atoms with Crippen molar-refractivity contribution in [1.82, 2.24) is 10.3 Å². The minimum atomic E-state index is -0.791. The molecule has 15 heavy (non-hydrogen) atoms. The van der Waals surface area contributed by atoms with E-state index in [0.717, 1.165) is 5.56 Å². The van der Waals surface area contributed by atoms with Gasteiger partial charge in [0.2, 0.25) is 0 Å². The summed E-state index contributed by atoms with van der Waals surface area (Å²) in [5.41, 5.74) is 0.320. The minimum Gasteiger partial charge on any atom is -0.481 e. The molecule has 1 rings (SSSR count). The van der Waals surface area contributed by atoms with Crippen LogP contribution in [0.25, 0.3) is 0 Å². The third kappa shape index (κ3) is 3.67. The average Bonchev–Trinajstić information content (AvgIpc) is 2.19. The van der Waals surface area contributed by atoms with Crippen molar-refractivity contribution < 1.29 is 9.90 Å². The number of carbonyl (C=O) groups is 1. The Morgan fingerprint density at radius 1 is 1.60 bits per heavy atom. The van der Waals surface area contributed by atoms with Crippen LogP contribution in [0.3, 0.4) is 0 Å².